The first-order valence-corrected chi connectivity index (χ1v) is 7.29. The highest BCUT2D eigenvalue weighted by Crippen LogP contribution is 2.25. The van der Waals surface area contributed by atoms with Crippen molar-refractivity contribution in [2.45, 2.75) is 11.4 Å². The van der Waals surface area contributed by atoms with Gasteiger partial charge in [0.05, 0.1) is 13.3 Å². The Morgan fingerprint density at radius 3 is 2.81 bits per heavy atom. The standard InChI is InChI=1S/C11H13N5O4S/c1-20-9-3-2-8(6-10(9)21(12,18)19)14-11(17)7-16-5-4-13-15-16/h2-6H,7H2,1H3,(H,14,17)(H2,12,18,19). The molecule has 0 saturated heterocycles. The minimum Gasteiger partial charge on any atom is -0.495 e. The SMILES string of the molecule is COc1ccc(NC(=O)Cn2ccnn2)cc1S(N)(=O)=O. The highest BCUT2D eigenvalue weighted by atomic mass is 32.2. The number of hydrogen-bond acceptors (Lipinski definition) is 6. The van der Waals surface area contributed by atoms with Crippen molar-refractivity contribution in [2.75, 3.05) is 12.4 Å². The lowest BCUT2D eigenvalue weighted by atomic mass is 10.3. The molecule has 0 aliphatic carbocycles. The first-order chi connectivity index (χ1) is 9.90. The Hall–Kier alpha value is -2.46. The third-order valence-electron chi connectivity index (χ3n) is 2.53. The van der Waals surface area contributed by atoms with E-state index in [2.05, 4.69) is 15.6 Å². The molecule has 0 aliphatic heterocycles. The highest BCUT2D eigenvalue weighted by Gasteiger charge is 2.16. The van der Waals surface area contributed by atoms with Gasteiger partial charge < -0.3 is 10.1 Å². The molecule has 0 bridgehead atoms. The van der Waals surface area contributed by atoms with Crippen LogP contribution in [0, 0.1) is 0 Å². The number of nitrogens with one attached hydrogen (secondary N) is 1. The van der Waals surface area contributed by atoms with Crippen molar-refractivity contribution < 1.29 is 17.9 Å². The van der Waals surface area contributed by atoms with Crippen LogP contribution in [0.5, 0.6) is 5.75 Å². The molecule has 1 heterocycles. The van der Waals surface area contributed by atoms with Crippen LogP contribution in [0.25, 0.3) is 0 Å². The summed E-state index contributed by atoms with van der Waals surface area (Å²) in [5.74, 6) is -0.280. The summed E-state index contributed by atoms with van der Waals surface area (Å²) in [7, 11) is -2.63. The van der Waals surface area contributed by atoms with Crippen LogP contribution in [0.4, 0.5) is 5.69 Å². The summed E-state index contributed by atoms with van der Waals surface area (Å²) in [5.41, 5.74) is 0.282. The number of carbonyl (C=O) groups excluding carboxylic acids is 1. The first kappa shape index (κ1) is 14.9. The molecule has 1 aromatic carbocycles. The van der Waals surface area contributed by atoms with Crippen LogP contribution < -0.4 is 15.2 Å². The molecule has 0 saturated carbocycles. The van der Waals surface area contributed by atoms with Crippen molar-refractivity contribution >= 4 is 21.6 Å². The summed E-state index contributed by atoms with van der Waals surface area (Å²) in [6.45, 7) is -0.0449. The van der Waals surface area contributed by atoms with E-state index >= 15 is 0 Å². The van der Waals surface area contributed by atoms with Crippen LogP contribution >= 0.6 is 0 Å². The summed E-state index contributed by atoms with van der Waals surface area (Å²) < 4.78 is 29.2. The molecule has 112 valence electrons. The second kappa shape index (κ2) is 5.89. The fraction of sp³-hybridized carbons (Fsp3) is 0.182. The zero-order valence-corrected chi connectivity index (χ0v) is 11.9. The number of hydrogen-bond donors (Lipinski definition) is 2. The maximum Gasteiger partial charge on any atom is 0.246 e. The topological polar surface area (TPSA) is 129 Å². The molecule has 1 amide bonds. The number of nitrogens with zero attached hydrogens (tertiary/aromatic N) is 3. The molecule has 21 heavy (non-hydrogen) atoms. The summed E-state index contributed by atoms with van der Waals surface area (Å²) in [5, 5.41) is 14.9. The highest BCUT2D eigenvalue weighted by molar-refractivity contribution is 7.89. The fourth-order valence-electron chi connectivity index (χ4n) is 1.64. The lowest BCUT2D eigenvalue weighted by Gasteiger charge is -2.10. The van der Waals surface area contributed by atoms with Crippen molar-refractivity contribution in [3.63, 3.8) is 0 Å². The Morgan fingerprint density at radius 1 is 1.48 bits per heavy atom. The van der Waals surface area contributed by atoms with Gasteiger partial charge in [-0.15, -0.1) is 5.10 Å². The van der Waals surface area contributed by atoms with Crippen molar-refractivity contribution in [2.24, 2.45) is 5.14 Å². The van der Waals surface area contributed by atoms with E-state index in [1.807, 2.05) is 0 Å². The van der Waals surface area contributed by atoms with Gasteiger partial charge in [-0.3, -0.25) is 4.79 Å². The second-order valence-corrected chi connectivity index (χ2v) is 5.59. The molecular formula is C11H13N5O4S. The van der Waals surface area contributed by atoms with Gasteiger partial charge in [0.1, 0.15) is 17.2 Å². The molecule has 0 atom stereocenters. The quantitative estimate of drug-likeness (QED) is 0.771. The van der Waals surface area contributed by atoms with Gasteiger partial charge in [-0.05, 0) is 18.2 Å². The predicted octanol–water partition coefficient (Wildman–Crippen LogP) is -0.427. The molecule has 0 unspecified atom stereocenters. The van der Waals surface area contributed by atoms with Crippen LogP contribution in [0.2, 0.25) is 0 Å². The lowest BCUT2D eigenvalue weighted by Crippen LogP contribution is -2.20. The third-order valence-corrected chi connectivity index (χ3v) is 3.46. The number of primary sulfonamides is 1. The first-order valence-electron chi connectivity index (χ1n) is 5.75. The average molecular weight is 311 g/mol. The number of amides is 1. The molecule has 0 aliphatic rings. The van der Waals surface area contributed by atoms with Crippen LogP contribution in [-0.2, 0) is 21.4 Å². The molecule has 2 rings (SSSR count). The zero-order chi connectivity index (χ0) is 15.5. The van der Waals surface area contributed by atoms with E-state index in [9.17, 15) is 13.2 Å². The summed E-state index contributed by atoms with van der Waals surface area (Å²) in [6.07, 6.45) is 2.98. The van der Waals surface area contributed by atoms with Gasteiger partial charge in [-0.25, -0.2) is 18.2 Å². The third kappa shape index (κ3) is 3.77. The van der Waals surface area contributed by atoms with E-state index in [0.29, 0.717) is 0 Å². The van der Waals surface area contributed by atoms with E-state index in [0.717, 1.165) is 0 Å². The Labute approximate surface area is 120 Å². The van der Waals surface area contributed by atoms with Gasteiger partial charge >= 0.3 is 0 Å². The number of carbonyl (C=O) groups is 1. The minimum atomic E-state index is -3.96. The van der Waals surface area contributed by atoms with Crippen LogP contribution in [0.3, 0.4) is 0 Å². The van der Waals surface area contributed by atoms with Gasteiger partial charge in [0.25, 0.3) is 0 Å². The maximum absolute atomic E-state index is 11.8. The van der Waals surface area contributed by atoms with E-state index in [4.69, 9.17) is 9.88 Å². The molecular weight excluding hydrogens is 298 g/mol. The normalized spacial score (nSPS) is 11.1. The smallest absolute Gasteiger partial charge is 0.246 e. The summed E-state index contributed by atoms with van der Waals surface area (Å²) >= 11 is 0. The summed E-state index contributed by atoms with van der Waals surface area (Å²) in [4.78, 5) is 11.6. The monoisotopic (exact) mass is 311 g/mol. The van der Waals surface area contributed by atoms with Crippen molar-refractivity contribution in [3.05, 3.63) is 30.6 Å². The number of methoxy groups -OCH3 is 1. The van der Waals surface area contributed by atoms with Gasteiger partial charge in [-0.2, -0.15) is 0 Å². The van der Waals surface area contributed by atoms with Crippen LogP contribution in [0.1, 0.15) is 0 Å². The Bertz CT molecular complexity index is 742. The van der Waals surface area contributed by atoms with Crippen molar-refractivity contribution in [3.8, 4) is 5.75 Å². The van der Waals surface area contributed by atoms with Crippen LogP contribution in [-0.4, -0.2) is 36.4 Å². The van der Waals surface area contributed by atoms with Gasteiger partial charge in [-0.1, -0.05) is 5.21 Å². The van der Waals surface area contributed by atoms with E-state index in [-0.39, 0.29) is 28.8 Å². The maximum atomic E-state index is 11.8. The van der Waals surface area contributed by atoms with E-state index in [1.165, 1.54) is 42.4 Å². The molecule has 10 heteroatoms. The predicted molar refractivity (Wildman–Crippen MR) is 73.0 cm³/mol. The number of benzene rings is 1. The molecule has 1 aromatic heterocycles. The van der Waals surface area contributed by atoms with Gasteiger partial charge in [0.2, 0.25) is 15.9 Å². The van der Waals surface area contributed by atoms with Crippen molar-refractivity contribution in [1.29, 1.82) is 0 Å². The molecule has 0 radical (unpaired) electrons. The van der Waals surface area contributed by atoms with E-state index in [1.54, 1.807) is 0 Å². The molecule has 0 spiro atoms. The van der Waals surface area contributed by atoms with Crippen molar-refractivity contribution in [1.82, 2.24) is 15.0 Å². The van der Waals surface area contributed by atoms with Crippen LogP contribution in [0.15, 0.2) is 35.5 Å². The van der Waals surface area contributed by atoms with E-state index < -0.39 is 10.0 Å². The fourth-order valence-corrected chi connectivity index (χ4v) is 2.36. The Balaban J connectivity index is 2.19. The summed E-state index contributed by atoms with van der Waals surface area (Å²) in [6, 6.07) is 4.14. The minimum absolute atomic E-state index is 0.0449. The Morgan fingerprint density at radius 2 is 2.24 bits per heavy atom. The molecule has 9 nitrogen and oxygen atoms in total. The number of aromatic nitrogens is 3. The van der Waals surface area contributed by atoms with Gasteiger partial charge in [0.15, 0.2) is 0 Å². The largest absolute Gasteiger partial charge is 0.495 e. The molecule has 0 fully saturated rings. The molecule has 3 N–H and O–H groups in total. The number of nitrogens with two attached hydrogens (primary N) is 1. The lowest BCUT2D eigenvalue weighted by molar-refractivity contribution is -0.116. The van der Waals surface area contributed by atoms with Gasteiger partial charge in [0, 0.05) is 11.9 Å². The zero-order valence-electron chi connectivity index (χ0n) is 11.1. The Kier molecular flexibility index (Phi) is 4.19. The molecule has 2 aromatic rings. The number of sulfonamides is 1. The average Bonchev–Trinajstić information content (AvgIpc) is 2.90. The number of ether oxygens (including phenoxy) is 1. The number of rotatable bonds is 5. The second-order valence-electron chi connectivity index (χ2n) is 4.06. The number of anilines is 1.